The predicted octanol–water partition coefficient (Wildman–Crippen LogP) is 2.89. The van der Waals surface area contributed by atoms with E-state index < -0.39 is 0 Å². The second kappa shape index (κ2) is 5.07. The van der Waals surface area contributed by atoms with Crippen LogP contribution in [0.4, 0.5) is 5.13 Å². The number of benzene rings is 1. The van der Waals surface area contributed by atoms with Gasteiger partial charge in [-0.25, -0.2) is 4.98 Å². The van der Waals surface area contributed by atoms with Crippen LogP contribution in [0.1, 0.15) is 10.4 Å². The van der Waals surface area contributed by atoms with Gasteiger partial charge in [0.1, 0.15) is 10.3 Å². The van der Waals surface area contributed by atoms with Crippen LogP contribution in [-0.4, -0.2) is 15.9 Å². The van der Waals surface area contributed by atoms with E-state index in [2.05, 4.69) is 15.3 Å². The molecule has 0 spiro atoms. The molecule has 7 heteroatoms. The van der Waals surface area contributed by atoms with Crippen molar-refractivity contribution >= 4 is 44.3 Å². The Morgan fingerprint density at radius 3 is 2.95 bits per heavy atom. The first-order valence-electron chi connectivity index (χ1n) is 5.68. The lowest BCUT2D eigenvalue weighted by Gasteiger charge is -2.01. The van der Waals surface area contributed by atoms with Crippen molar-refractivity contribution in [3.05, 3.63) is 57.3 Å². The highest BCUT2D eigenvalue weighted by atomic mass is 35.5. The molecular weight excluding hydrogens is 298 g/mol. The van der Waals surface area contributed by atoms with E-state index in [-0.39, 0.29) is 11.5 Å². The molecule has 2 aromatic heterocycles. The Labute approximate surface area is 122 Å². The average molecular weight is 306 g/mol. The molecular formula is C13H8ClN3O2S. The Bertz CT molecular complexity index is 856. The van der Waals surface area contributed by atoms with Gasteiger partial charge in [-0.05, 0) is 24.3 Å². The first kappa shape index (κ1) is 12.8. The van der Waals surface area contributed by atoms with Crippen LogP contribution in [0.3, 0.4) is 0 Å². The number of amides is 1. The molecule has 0 atom stereocenters. The van der Waals surface area contributed by atoms with Crippen LogP contribution in [0.15, 0.2) is 41.2 Å². The SMILES string of the molecule is O=C(Nc1nc2ccc(=O)[nH]c2s1)c1cccc(Cl)c1. The zero-order valence-corrected chi connectivity index (χ0v) is 11.6. The minimum atomic E-state index is -0.297. The fourth-order valence-electron chi connectivity index (χ4n) is 1.70. The number of carbonyl (C=O) groups is 1. The number of fused-ring (bicyclic) bond motifs is 1. The molecule has 20 heavy (non-hydrogen) atoms. The summed E-state index contributed by atoms with van der Waals surface area (Å²) in [5.74, 6) is -0.297. The highest BCUT2D eigenvalue weighted by Gasteiger charge is 2.10. The molecule has 0 aliphatic carbocycles. The van der Waals surface area contributed by atoms with Gasteiger partial charge in [-0.3, -0.25) is 14.9 Å². The number of carbonyl (C=O) groups excluding carboxylic acids is 1. The van der Waals surface area contributed by atoms with Crippen LogP contribution in [0.2, 0.25) is 5.02 Å². The number of hydrogen-bond acceptors (Lipinski definition) is 4. The van der Waals surface area contributed by atoms with Crippen molar-refractivity contribution < 1.29 is 4.79 Å². The van der Waals surface area contributed by atoms with Gasteiger partial charge >= 0.3 is 0 Å². The quantitative estimate of drug-likeness (QED) is 0.764. The smallest absolute Gasteiger partial charge is 0.257 e. The highest BCUT2D eigenvalue weighted by Crippen LogP contribution is 2.23. The maximum atomic E-state index is 12.0. The van der Waals surface area contributed by atoms with Gasteiger partial charge in [0.25, 0.3) is 5.91 Å². The Balaban J connectivity index is 1.89. The molecule has 0 radical (unpaired) electrons. The lowest BCUT2D eigenvalue weighted by Crippen LogP contribution is -2.11. The summed E-state index contributed by atoms with van der Waals surface area (Å²) < 4.78 is 0. The van der Waals surface area contributed by atoms with Crippen molar-refractivity contribution in [1.82, 2.24) is 9.97 Å². The van der Waals surface area contributed by atoms with E-state index >= 15 is 0 Å². The number of halogens is 1. The first-order valence-corrected chi connectivity index (χ1v) is 6.88. The number of nitrogens with zero attached hydrogens (tertiary/aromatic N) is 1. The minimum absolute atomic E-state index is 0.200. The van der Waals surface area contributed by atoms with Crippen molar-refractivity contribution in [2.75, 3.05) is 5.32 Å². The Hall–Kier alpha value is -2.18. The maximum Gasteiger partial charge on any atom is 0.257 e. The van der Waals surface area contributed by atoms with Crippen LogP contribution < -0.4 is 10.9 Å². The maximum absolute atomic E-state index is 12.0. The zero-order valence-electron chi connectivity index (χ0n) is 10.0. The number of aromatic amines is 1. The molecule has 5 nitrogen and oxygen atoms in total. The summed E-state index contributed by atoms with van der Waals surface area (Å²) in [5.41, 5.74) is 0.884. The largest absolute Gasteiger partial charge is 0.312 e. The number of H-pyrrole nitrogens is 1. The Morgan fingerprint density at radius 1 is 1.30 bits per heavy atom. The number of nitrogens with one attached hydrogen (secondary N) is 2. The summed E-state index contributed by atoms with van der Waals surface area (Å²) in [6, 6.07) is 9.64. The van der Waals surface area contributed by atoms with E-state index in [1.165, 1.54) is 17.4 Å². The standard InChI is InChI=1S/C13H8ClN3O2S/c14-8-3-1-2-7(6-8)11(19)17-13-15-9-4-5-10(18)16-12(9)20-13/h1-6H,(H,16,18)(H,15,17,19). The number of aromatic nitrogens is 2. The summed E-state index contributed by atoms with van der Waals surface area (Å²) in [6.45, 7) is 0. The predicted molar refractivity (Wildman–Crippen MR) is 79.6 cm³/mol. The molecule has 2 N–H and O–H groups in total. The first-order chi connectivity index (χ1) is 9.61. The second-order valence-corrected chi connectivity index (χ2v) is 5.46. The summed E-state index contributed by atoms with van der Waals surface area (Å²) >= 11 is 7.05. The summed E-state index contributed by atoms with van der Waals surface area (Å²) in [6.07, 6.45) is 0. The fourth-order valence-corrected chi connectivity index (χ4v) is 2.74. The van der Waals surface area contributed by atoms with Gasteiger partial charge in [0.15, 0.2) is 5.13 Å². The van der Waals surface area contributed by atoms with Crippen LogP contribution >= 0.6 is 22.9 Å². The summed E-state index contributed by atoms with van der Waals surface area (Å²) in [7, 11) is 0. The molecule has 1 amide bonds. The van der Waals surface area contributed by atoms with Crippen LogP contribution in [-0.2, 0) is 0 Å². The summed E-state index contributed by atoms with van der Waals surface area (Å²) in [4.78, 5) is 30.7. The third kappa shape index (κ3) is 2.56. The van der Waals surface area contributed by atoms with E-state index in [4.69, 9.17) is 11.6 Å². The number of rotatable bonds is 2. The lowest BCUT2D eigenvalue weighted by atomic mass is 10.2. The molecule has 0 saturated carbocycles. The fraction of sp³-hybridized carbons (Fsp3) is 0. The topological polar surface area (TPSA) is 74.8 Å². The van der Waals surface area contributed by atoms with Crippen molar-refractivity contribution in [3.63, 3.8) is 0 Å². The third-order valence-corrected chi connectivity index (χ3v) is 3.73. The zero-order chi connectivity index (χ0) is 14.1. The van der Waals surface area contributed by atoms with Crippen LogP contribution in [0.25, 0.3) is 10.3 Å². The molecule has 3 rings (SSSR count). The lowest BCUT2D eigenvalue weighted by molar-refractivity contribution is 0.102. The van der Waals surface area contributed by atoms with Gasteiger partial charge in [-0.2, -0.15) is 0 Å². The summed E-state index contributed by atoms with van der Waals surface area (Å²) in [5, 5.41) is 3.60. The van der Waals surface area contributed by atoms with Gasteiger partial charge in [-0.15, -0.1) is 0 Å². The number of hydrogen-bond donors (Lipinski definition) is 2. The van der Waals surface area contributed by atoms with Gasteiger partial charge in [-0.1, -0.05) is 29.0 Å². The van der Waals surface area contributed by atoms with Crippen molar-refractivity contribution in [2.24, 2.45) is 0 Å². The van der Waals surface area contributed by atoms with Crippen LogP contribution in [0, 0.1) is 0 Å². The van der Waals surface area contributed by atoms with Gasteiger partial charge in [0, 0.05) is 16.7 Å². The molecule has 0 aliphatic rings. The van der Waals surface area contributed by atoms with Gasteiger partial charge in [0.2, 0.25) is 5.56 Å². The molecule has 0 aliphatic heterocycles. The monoisotopic (exact) mass is 305 g/mol. The van der Waals surface area contributed by atoms with E-state index in [0.717, 1.165) is 0 Å². The molecule has 0 bridgehead atoms. The van der Waals surface area contributed by atoms with Crippen molar-refractivity contribution in [2.45, 2.75) is 0 Å². The highest BCUT2D eigenvalue weighted by molar-refractivity contribution is 7.21. The Kier molecular flexibility index (Phi) is 3.25. The van der Waals surface area contributed by atoms with Gasteiger partial charge < -0.3 is 4.98 Å². The normalized spacial score (nSPS) is 10.7. The second-order valence-electron chi connectivity index (χ2n) is 4.02. The minimum Gasteiger partial charge on any atom is -0.312 e. The van der Waals surface area contributed by atoms with E-state index in [1.807, 2.05) is 0 Å². The average Bonchev–Trinajstić information content (AvgIpc) is 2.80. The number of thiazole rings is 1. The number of anilines is 1. The van der Waals surface area contributed by atoms with Gasteiger partial charge in [0.05, 0.1) is 0 Å². The van der Waals surface area contributed by atoms with Crippen LogP contribution in [0.5, 0.6) is 0 Å². The van der Waals surface area contributed by atoms with Crippen molar-refractivity contribution in [3.8, 4) is 0 Å². The molecule has 0 saturated heterocycles. The molecule has 100 valence electrons. The van der Waals surface area contributed by atoms with E-state index in [1.54, 1.807) is 30.3 Å². The van der Waals surface area contributed by atoms with Crippen molar-refractivity contribution in [1.29, 1.82) is 0 Å². The van der Waals surface area contributed by atoms with E-state index in [9.17, 15) is 9.59 Å². The molecule has 1 aromatic carbocycles. The van der Waals surface area contributed by atoms with E-state index in [0.29, 0.717) is 26.1 Å². The molecule has 2 heterocycles. The molecule has 0 fully saturated rings. The Morgan fingerprint density at radius 2 is 2.15 bits per heavy atom. The third-order valence-electron chi connectivity index (χ3n) is 2.59. The molecule has 0 unspecified atom stereocenters. The molecule has 3 aromatic rings. The number of pyridine rings is 1.